The van der Waals surface area contributed by atoms with Gasteiger partial charge in [-0.15, -0.1) is 0 Å². The van der Waals surface area contributed by atoms with Crippen molar-refractivity contribution >= 4 is 13.8 Å². The van der Waals surface area contributed by atoms with E-state index in [9.17, 15) is 14.3 Å². The number of ether oxygens (including phenoxy) is 2. The fraction of sp³-hybridized carbons (Fsp3) is 0.750. The van der Waals surface area contributed by atoms with Crippen molar-refractivity contribution in [2.24, 2.45) is 0 Å². The lowest BCUT2D eigenvalue weighted by atomic mass is 10.1. The van der Waals surface area contributed by atoms with Crippen LogP contribution in [0.15, 0.2) is 60.8 Å². The van der Waals surface area contributed by atoms with Crippen molar-refractivity contribution in [2.75, 3.05) is 54.1 Å². The predicted octanol–water partition coefficient (Wildman–Crippen LogP) is 11.5. The number of hydrogen-bond acceptors (Lipinski definition) is 7. The molecule has 0 rings (SSSR count). The normalized spacial score (nSPS) is 14.5. The smallest absolute Gasteiger partial charge is 0.306 e. The van der Waals surface area contributed by atoms with Crippen molar-refractivity contribution in [3.63, 3.8) is 0 Å². The Morgan fingerprint density at radius 2 is 1.09 bits per heavy atom. The summed E-state index contributed by atoms with van der Waals surface area (Å²) in [4.78, 5) is 24.9. The lowest BCUT2D eigenvalue weighted by molar-refractivity contribution is -0.870. The van der Waals surface area contributed by atoms with Gasteiger partial charge in [-0.25, -0.2) is 0 Å². The highest BCUT2D eigenvalue weighted by atomic mass is 31.2. The summed E-state index contributed by atoms with van der Waals surface area (Å²) in [6.45, 7) is 5.22. The van der Waals surface area contributed by atoms with Crippen LogP contribution >= 0.6 is 7.82 Å². The first-order valence-electron chi connectivity index (χ1n) is 21.0. The first-order valence-corrected chi connectivity index (χ1v) is 22.5. The first-order chi connectivity index (χ1) is 25.6. The highest BCUT2D eigenvalue weighted by molar-refractivity contribution is 7.45. The maximum absolute atomic E-state index is 12.6. The van der Waals surface area contributed by atoms with Crippen LogP contribution in [0.25, 0.3) is 0 Å². The summed E-state index contributed by atoms with van der Waals surface area (Å²) in [5.41, 5.74) is 0. The van der Waals surface area contributed by atoms with Gasteiger partial charge in [0, 0.05) is 13.0 Å². The molecule has 0 amide bonds. The van der Waals surface area contributed by atoms with Crippen LogP contribution in [0.4, 0.5) is 0 Å². The molecule has 0 aliphatic heterocycles. The second-order valence-electron chi connectivity index (χ2n) is 15.0. The second kappa shape index (κ2) is 37.1. The highest BCUT2D eigenvalue weighted by Crippen LogP contribution is 2.38. The number of unbranched alkanes of at least 4 members (excludes halogenated alkanes) is 14. The molecule has 0 aromatic carbocycles. The molecule has 0 aliphatic rings. The van der Waals surface area contributed by atoms with Crippen LogP contribution in [-0.2, 0) is 27.9 Å². The molecular weight excluding hydrogens is 685 g/mol. The number of carbonyl (C=O) groups excluding carboxylic acids is 1. The van der Waals surface area contributed by atoms with E-state index in [0.717, 1.165) is 70.6 Å². The van der Waals surface area contributed by atoms with Gasteiger partial charge >= 0.3 is 5.97 Å². The molecule has 9 heteroatoms. The minimum absolute atomic E-state index is 0.0229. The molecule has 0 spiro atoms. The molecule has 53 heavy (non-hydrogen) atoms. The zero-order valence-corrected chi connectivity index (χ0v) is 35.6. The molecule has 0 saturated carbocycles. The van der Waals surface area contributed by atoms with Crippen LogP contribution in [0.3, 0.4) is 0 Å². The fourth-order valence-electron chi connectivity index (χ4n) is 5.34. The third-order valence-corrected chi connectivity index (χ3v) is 9.55. The number of hydrogen-bond donors (Lipinski definition) is 0. The monoisotopic (exact) mass is 766 g/mol. The Hall–Kier alpha value is -1.80. The minimum atomic E-state index is -4.51. The van der Waals surface area contributed by atoms with E-state index in [4.69, 9.17) is 18.5 Å². The second-order valence-corrected chi connectivity index (χ2v) is 16.4. The molecule has 0 N–H and O–H groups in total. The van der Waals surface area contributed by atoms with Gasteiger partial charge in [0.15, 0.2) is 0 Å². The summed E-state index contributed by atoms with van der Waals surface area (Å²) in [6.07, 6.45) is 45.4. The van der Waals surface area contributed by atoms with Crippen molar-refractivity contribution < 1.29 is 37.3 Å². The van der Waals surface area contributed by atoms with Gasteiger partial charge in [-0.2, -0.15) is 0 Å². The van der Waals surface area contributed by atoms with Crippen molar-refractivity contribution in [1.82, 2.24) is 0 Å². The standard InChI is InChI=1S/C44H80NO7P/c1-6-8-10-12-14-15-16-17-18-19-20-21-22-23-24-25-26-27-28-29-30-31-32-33-35-37-44(46)52-43(41-49-39-36-34-13-11-9-7-2)42-51-53(47,48)50-40-38-45(3,4)5/h8,10,14-15,17-18,20-21,23-24,43H,6-7,9,11-13,16,19,22,25-42H2,1-5H3/b10-8-,15-14-,18-17-,21-20-,24-23-. The molecule has 2 unspecified atom stereocenters. The number of phosphoric ester groups is 1. The van der Waals surface area contributed by atoms with E-state index >= 15 is 0 Å². The zero-order chi connectivity index (χ0) is 39.1. The topological polar surface area (TPSA) is 94.1 Å². The third-order valence-electron chi connectivity index (χ3n) is 8.58. The predicted molar refractivity (Wildman–Crippen MR) is 222 cm³/mol. The molecule has 0 aliphatic carbocycles. The number of nitrogens with zero attached hydrogens (tertiary/aromatic N) is 1. The van der Waals surface area contributed by atoms with Crippen LogP contribution in [0.1, 0.15) is 155 Å². The largest absolute Gasteiger partial charge is 0.756 e. The van der Waals surface area contributed by atoms with Gasteiger partial charge in [0.25, 0.3) is 7.82 Å². The van der Waals surface area contributed by atoms with E-state index in [2.05, 4.69) is 74.6 Å². The quantitative estimate of drug-likeness (QED) is 0.0203. The number of allylic oxidation sites excluding steroid dienone is 10. The lowest BCUT2D eigenvalue weighted by Crippen LogP contribution is -2.37. The molecule has 0 aromatic rings. The van der Waals surface area contributed by atoms with Crippen LogP contribution in [0.5, 0.6) is 0 Å². The summed E-state index contributed by atoms with van der Waals surface area (Å²) in [7, 11) is 1.34. The van der Waals surface area contributed by atoms with E-state index in [1.54, 1.807) is 0 Å². The van der Waals surface area contributed by atoms with E-state index < -0.39 is 13.9 Å². The Balaban J connectivity index is 4.05. The Bertz CT molecular complexity index is 1030. The van der Waals surface area contributed by atoms with Crippen molar-refractivity contribution in [1.29, 1.82) is 0 Å². The summed E-state index contributed by atoms with van der Waals surface area (Å²) in [5, 5.41) is 0. The van der Waals surface area contributed by atoms with Gasteiger partial charge in [-0.3, -0.25) is 9.36 Å². The fourth-order valence-corrected chi connectivity index (χ4v) is 6.06. The molecule has 0 bridgehead atoms. The van der Waals surface area contributed by atoms with Crippen LogP contribution in [-0.4, -0.2) is 70.7 Å². The Morgan fingerprint density at radius 1 is 0.604 bits per heavy atom. The number of carbonyl (C=O) groups is 1. The van der Waals surface area contributed by atoms with E-state index in [-0.39, 0.29) is 25.8 Å². The van der Waals surface area contributed by atoms with Crippen LogP contribution in [0.2, 0.25) is 0 Å². The summed E-state index contributed by atoms with van der Waals surface area (Å²) in [5.74, 6) is -0.346. The molecule has 0 saturated heterocycles. The SMILES string of the molecule is CC/C=C\C/C=C\C/C=C\C/C=C\C/C=C\CCCCCCCCCCCC(=O)OC(COCCCCCCCC)COP(=O)([O-])OCC[N+](C)(C)C. The molecule has 0 fully saturated rings. The van der Waals surface area contributed by atoms with Gasteiger partial charge in [0.2, 0.25) is 0 Å². The maximum Gasteiger partial charge on any atom is 0.306 e. The van der Waals surface area contributed by atoms with Crippen LogP contribution < -0.4 is 4.89 Å². The average Bonchev–Trinajstić information content (AvgIpc) is 3.11. The van der Waals surface area contributed by atoms with Gasteiger partial charge in [-0.1, -0.05) is 152 Å². The molecule has 0 heterocycles. The van der Waals surface area contributed by atoms with E-state index in [0.29, 0.717) is 24.1 Å². The lowest BCUT2D eigenvalue weighted by Gasteiger charge is -2.28. The minimum Gasteiger partial charge on any atom is -0.756 e. The Kier molecular flexibility index (Phi) is 35.9. The van der Waals surface area contributed by atoms with Gasteiger partial charge < -0.3 is 27.9 Å². The number of phosphoric acid groups is 1. The number of rotatable bonds is 38. The number of quaternary nitrogens is 1. The van der Waals surface area contributed by atoms with Crippen LogP contribution in [0, 0.1) is 0 Å². The zero-order valence-electron chi connectivity index (χ0n) is 34.7. The van der Waals surface area contributed by atoms with E-state index in [1.807, 2.05) is 21.1 Å². The van der Waals surface area contributed by atoms with Gasteiger partial charge in [0.05, 0.1) is 34.4 Å². The maximum atomic E-state index is 12.6. The average molecular weight is 766 g/mol. The first kappa shape index (κ1) is 51.2. The summed E-state index contributed by atoms with van der Waals surface area (Å²) >= 11 is 0. The molecular formula is C44H80NO7P. The van der Waals surface area contributed by atoms with E-state index in [1.165, 1.54) is 64.2 Å². The highest BCUT2D eigenvalue weighted by Gasteiger charge is 2.20. The van der Waals surface area contributed by atoms with Crippen molar-refractivity contribution in [3.8, 4) is 0 Å². The Labute approximate surface area is 326 Å². The molecule has 8 nitrogen and oxygen atoms in total. The Morgan fingerprint density at radius 3 is 1.64 bits per heavy atom. The van der Waals surface area contributed by atoms with Crippen molar-refractivity contribution in [3.05, 3.63) is 60.8 Å². The third kappa shape index (κ3) is 41.2. The van der Waals surface area contributed by atoms with Gasteiger partial charge in [-0.05, 0) is 57.8 Å². The molecule has 0 radical (unpaired) electrons. The summed E-state index contributed by atoms with van der Waals surface area (Å²) < 4.78 is 34.3. The van der Waals surface area contributed by atoms with Crippen molar-refractivity contribution in [2.45, 2.75) is 161 Å². The molecule has 308 valence electrons. The summed E-state index contributed by atoms with van der Waals surface area (Å²) in [6, 6.07) is 0. The molecule has 0 aromatic heterocycles. The number of esters is 1. The molecule has 2 atom stereocenters. The van der Waals surface area contributed by atoms with Gasteiger partial charge in [0.1, 0.15) is 19.3 Å². The number of likely N-dealkylation sites (N-methyl/N-ethyl adjacent to an activating group) is 1.